The summed E-state index contributed by atoms with van der Waals surface area (Å²) in [6, 6.07) is -0.506. The van der Waals surface area contributed by atoms with E-state index in [2.05, 4.69) is 20.6 Å². The molecule has 0 bridgehead atoms. The summed E-state index contributed by atoms with van der Waals surface area (Å²) in [5, 5.41) is 14.3. The number of rotatable bonds is 5. The Balaban J connectivity index is 1.65. The number of H-pyrrole nitrogens is 1. The molecule has 4 N–H and O–H groups in total. The van der Waals surface area contributed by atoms with Gasteiger partial charge in [-0.05, 0) is 6.42 Å². The molecule has 0 saturated heterocycles. The van der Waals surface area contributed by atoms with Gasteiger partial charge >= 0.3 is 12.0 Å². The first kappa shape index (κ1) is 13.1. The van der Waals surface area contributed by atoms with Gasteiger partial charge < -0.3 is 20.7 Å². The van der Waals surface area contributed by atoms with Crippen LogP contribution in [-0.4, -0.2) is 39.7 Å². The summed E-state index contributed by atoms with van der Waals surface area (Å²) >= 11 is 0. The molecule has 2 atom stereocenters. The molecule has 102 valence electrons. The van der Waals surface area contributed by atoms with Crippen molar-refractivity contribution in [2.24, 2.45) is 5.92 Å². The summed E-state index contributed by atoms with van der Waals surface area (Å²) in [5.41, 5.74) is 0.951. The lowest BCUT2D eigenvalue weighted by Crippen LogP contribution is -2.41. The Morgan fingerprint density at radius 3 is 2.95 bits per heavy atom. The van der Waals surface area contributed by atoms with E-state index in [1.165, 1.54) is 0 Å². The van der Waals surface area contributed by atoms with E-state index in [9.17, 15) is 9.59 Å². The van der Waals surface area contributed by atoms with Gasteiger partial charge in [0.15, 0.2) is 0 Å². The summed E-state index contributed by atoms with van der Waals surface area (Å²) in [6.07, 6.45) is 7.70. The van der Waals surface area contributed by atoms with Crippen LogP contribution in [0.3, 0.4) is 0 Å². The molecular formula is C12H16N4O3. The number of amides is 2. The number of aromatic nitrogens is 2. The first-order chi connectivity index (χ1) is 9.15. The van der Waals surface area contributed by atoms with Gasteiger partial charge in [-0.1, -0.05) is 12.2 Å². The molecule has 19 heavy (non-hydrogen) atoms. The van der Waals surface area contributed by atoms with Crippen LogP contribution >= 0.6 is 0 Å². The molecule has 2 amide bonds. The molecule has 0 radical (unpaired) electrons. The molecule has 0 saturated carbocycles. The predicted octanol–water partition coefficient (Wildman–Crippen LogP) is 0.281. The molecule has 1 aliphatic carbocycles. The van der Waals surface area contributed by atoms with E-state index in [0.29, 0.717) is 19.4 Å². The molecule has 7 heteroatoms. The van der Waals surface area contributed by atoms with E-state index in [1.807, 2.05) is 0 Å². The maximum absolute atomic E-state index is 11.6. The SMILES string of the molecule is O=C(NCCc1cnc[nH]1)NC1C=CC(C(=O)O)C1. The molecule has 0 fully saturated rings. The van der Waals surface area contributed by atoms with Crippen LogP contribution < -0.4 is 10.6 Å². The average molecular weight is 264 g/mol. The van der Waals surface area contributed by atoms with E-state index in [-0.39, 0.29) is 12.1 Å². The monoisotopic (exact) mass is 264 g/mol. The van der Waals surface area contributed by atoms with Crippen LogP contribution in [0.2, 0.25) is 0 Å². The maximum atomic E-state index is 11.6. The highest BCUT2D eigenvalue weighted by molar-refractivity contribution is 5.76. The highest BCUT2D eigenvalue weighted by Crippen LogP contribution is 2.17. The minimum atomic E-state index is -0.861. The highest BCUT2D eigenvalue weighted by Gasteiger charge is 2.25. The van der Waals surface area contributed by atoms with Gasteiger partial charge in [-0.2, -0.15) is 0 Å². The fraction of sp³-hybridized carbons (Fsp3) is 0.417. The number of carbonyl (C=O) groups excluding carboxylic acids is 1. The van der Waals surface area contributed by atoms with Crippen molar-refractivity contribution < 1.29 is 14.7 Å². The van der Waals surface area contributed by atoms with E-state index >= 15 is 0 Å². The van der Waals surface area contributed by atoms with Crippen molar-refractivity contribution in [1.82, 2.24) is 20.6 Å². The number of urea groups is 1. The Morgan fingerprint density at radius 1 is 1.47 bits per heavy atom. The first-order valence-corrected chi connectivity index (χ1v) is 6.08. The topological polar surface area (TPSA) is 107 Å². The lowest BCUT2D eigenvalue weighted by atomic mass is 10.1. The molecule has 2 rings (SSSR count). The van der Waals surface area contributed by atoms with Crippen LogP contribution in [-0.2, 0) is 11.2 Å². The third kappa shape index (κ3) is 3.84. The van der Waals surface area contributed by atoms with Gasteiger partial charge in [-0.25, -0.2) is 9.78 Å². The second-order valence-corrected chi connectivity index (χ2v) is 4.40. The lowest BCUT2D eigenvalue weighted by molar-refractivity contribution is -0.140. The molecular weight excluding hydrogens is 248 g/mol. The standard InChI is InChI=1S/C12H16N4O3/c17-11(18)8-1-2-9(5-8)16-12(19)14-4-3-10-6-13-7-15-10/h1-2,6-9H,3-5H2,(H,13,15)(H,17,18)(H2,14,16,19). The lowest BCUT2D eigenvalue weighted by Gasteiger charge is -2.12. The number of carboxylic acids is 1. The third-order valence-electron chi connectivity index (χ3n) is 2.95. The number of carboxylic acid groups (broad SMARTS) is 1. The summed E-state index contributed by atoms with van der Waals surface area (Å²) < 4.78 is 0. The van der Waals surface area contributed by atoms with Crippen LogP contribution in [0.4, 0.5) is 4.79 Å². The molecule has 0 spiro atoms. The molecule has 1 heterocycles. The van der Waals surface area contributed by atoms with Gasteiger partial charge in [0.1, 0.15) is 0 Å². The fourth-order valence-electron chi connectivity index (χ4n) is 1.94. The van der Waals surface area contributed by atoms with Crippen LogP contribution in [0.15, 0.2) is 24.7 Å². The zero-order chi connectivity index (χ0) is 13.7. The molecule has 0 aliphatic heterocycles. The number of aromatic amines is 1. The number of nitrogens with one attached hydrogen (secondary N) is 3. The van der Waals surface area contributed by atoms with Gasteiger partial charge in [-0.3, -0.25) is 4.79 Å². The highest BCUT2D eigenvalue weighted by atomic mass is 16.4. The first-order valence-electron chi connectivity index (χ1n) is 6.08. The smallest absolute Gasteiger partial charge is 0.315 e. The number of imidazole rings is 1. The molecule has 7 nitrogen and oxygen atoms in total. The Hall–Kier alpha value is -2.31. The molecule has 0 aromatic carbocycles. The Bertz CT molecular complexity index is 469. The summed E-state index contributed by atoms with van der Waals surface area (Å²) in [7, 11) is 0. The van der Waals surface area contributed by atoms with Crippen LogP contribution in [0.1, 0.15) is 12.1 Å². The third-order valence-corrected chi connectivity index (χ3v) is 2.95. The van der Waals surface area contributed by atoms with E-state index in [1.54, 1.807) is 24.7 Å². The number of hydrogen-bond donors (Lipinski definition) is 4. The Labute approximate surface area is 110 Å². The minimum absolute atomic E-state index is 0.215. The molecule has 1 aromatic heterocycles. The Morgan fingerprint density at radius 2 is 2.32 bits per heavy atom. The van der Waals surface area contributed by atoms with Gasteiger partial charge in [-0.15, -0.1) is 0 Å². The average Bonchev–Trinajstić information content (AvgIpc) is 3.00. The zero-order valence-corrected chi connectivity index (χ0v) is 10.3. The number of hydrogen-bond acceptors (Lipinski definition) is 3. The van der Waals surface area contributed by atoms with Crippen molar-refractivity contribution in [3.63, 3.8) is 0 Å². The van der Waals surface area contributed by atoms with Gasteiger partial charge in [0, 0.05) is 24.9 Å². The van der Waals surface area contributed by atoms with E-state index in [4.69, 9.17) is 5.11 Å². The maximum Gasteiger partial charge on any atom is 0.315 e. The van der Waals surface area contributed by atoms with Crippen LogP contribution in [0.5, 0.6) is 0 Å². The van der Waals surface area contributed by atoms with Crippen LogP contribution in [0.25, 0.3) is 0 Å². The Kier molecular flexibility index (Phi) is 4.17. The number of aliphatic carboxylic acids is 1. The molecule has 1 aromatic rings. The van der Waals surface area contributed by atoms with Crippen LogP contribution in [0, 0.1) is 5.92 Å². The molecule has 1 aliphatic rings. The van der Waals surface area contributed by atoms with Crippen molar-refractivity contribution in [3.05, 3.63) is 30.4 Å². The summed E-state index contributed by atoms with van der Waals surface area (Å²) in [6.45, 7) is 0.493. The summed E-state index contributed by atoms with van der Waals surface area (Å²) in [5.74, 6) is -1.37. The van der Waals surface area contributed by atoms with Gasteiger partial charge in [0.25, 0.3) is 0 Å². The second-order valence-electron chi connectivity index (χ2n) is 4.40. The fourth-order valence-corrected chi connectivity index (χ4v) is 1.94. The molecule has 2 unspecified atom stereocenters. The van der Waals surface area contributed by atoms with E-state index in [0.717, 1.165) is 5.69 Å². The number of carbonyl (C=O) groups is 2. The van der Waals surface area contributed by atoms with Crippen molar-refractivity contribution in [3.8, 4) is 0 Å². The van der Waals surface area contributed by atoms with Crippen molar-refractivity contribution in [1.29, 1.82) is 0 Å². The quantitative estimate of drug-likeness (QED) is 0.573. The zero-order valence-electron chi connectivity index (χ0n) is 10.3. The van der Waals surface area contributed by atoms with E-state index < -0.39 is 11.9 Å². The minimum Gasteiger partial charge on any atom is -0.481 e. The second kappa shape index (κ2) is 6.03. The number of nitrogens with zero attached hydrogens (tertiary/aromatic N) is 1. The largest absolute Gasteiger partial charge is 0.481 e. The normalized spacial score (nSPS) is 21.3. The van der Waals surface area contributed by atoms with Crippen molar-refractivity contribution in [2.45, 2.75) is 18.9 Å². The predicted molar refractivity (Wildman–Crippen MR) is 67.5 cm³/mol. The van der Waals surface area contributed by atoms with Crippen molar-refractivity contribution >= 4 is 12.0 Å². The van der Waals surface area contributed by atoms with Gasteiger partial charge in [0.2, 0.25) is 0 Å². The summed E-state index contributed by atoms with van der Waals surface area (Å²) in [4.78, 5) is 29.1. The van der Waals surface area contributed by atoms with Gasteiger partial charge in [0.05, 0.1) is 18.3 Å². The van der Waals surface area contributed by atoms with Crippen molar-refractivity contribution in [2.75, 3.05) is 6.54 Å².